The monoisotopic (exact) mass is 653 g/mol. The Morgan fingerprint density at radius 1 is 0.739 bits per heavy atom. The molecule has 0 bridgehead atoms. The Hall–Kier alpha value is -2.84. The van der Waals surface area contributed by atoms with Crippen molar-refractivity contribution in [2.75, 3.05) is 47.5 Å². The van der Waals surface area contributed by atoms with Gasteiger partial charge in [0.2, 0.25) is 0 Å². The summed E-state index contributed by atoms with van der Waals surface area (Å²) in [4.78, 5) is 25.7. The molecule has 0 N–H and O–H groups in total. The summed E-state index contributed by atoms with van der Waals surface area (Å²) in [6.45, 7) is 2.08. The second-order valence-corrected chi connectivity index (χ2v) is 14.1. The SMILES string of the molecule is CCCCCCCCCC(=O)O[C@@H](COC(c1ccccc1)(c1ccccc1)c1ccccc1)COP(=O)([O-])OCC[N+](C)(C)C. The van der Waals surface area contributed by atoms with Crippen LogP contribution in [0.4, 0.5) is 0 Å². The number of ether oxygens (including phenoxy) is 2. The zero-order valence-electron chi connectivity index (χ0n) is 28.0. The van der Waals surface area contributed by atoms with Crippen molar-refractivity contribution in [2.45, 2.75) is 70.0 Å². The first-order chi connectivity index (χ1) is 22.1. The molecule has 9 heteroatoms. The molecule has 2 atom stereocenters. The maximum Gasteiger partial charge on any atom is 0.306 e. The lowest BCUT2D eigenvalue weighted by Gasteiger charge is -2.37. The summed E-state index contributed by atoms with van der Waals surface area (Å²) in [5.41, 5.74) is 1.55. The van der Waals surface area contributed by atoms with E-state index in [2.05, 4.69) is 6.92 Å². The fourth-order valence-electron chi connectivity index (χ4n) is 5.21. The molecule has 0 amide bonds. The van der Waals surface area contributed by atoms with Crippen LogP contribution >= 0.6 is 7.82 Å². The minimum absolute atomic E-state index is 0.0252. The van der Waals surface area contributed by atoms with E-state index in [1.807, 2.05) is 112 Å². The highest BCUT2D eigenvalue weighted by molar-refractivity contribution is 7.45. The van der Waals surface area contributed by atoms with Crippen LogP contribution in [-0.2, 0) is 33.5 Å². The van der Waals surface area contributed by atoms with E-state index in [9.17, 15) is 14.3 Å². The molecule has 0 spiro atoms. The van der Waals surface area contributed by atoms with E-state index in [0.29, 0.717) is 17.4 Å². The molecule has 3 aromatic rings. The Morgan fingerprint density at radius 2 is 1.22 bits per heavy atom. The van der Waals surface area contributed by atoms with Gasteiger partial charge in [0.15, 0.2) is 0 Å². The minimum atomic E-state index is -4.66. The van der Waals surface area contributed by atoms with Crippen LogP contribution in [0.2, 0.25) is 0 Å². The average molecular weight is 654 g/mol. The summed E-state index contributed by atoms with van der Waals surface area (Å²) < 4.78 is 36.3. The molecular formula is C37H52NO7P. The molecule has 0 fully saturated rings. The number of hydrogen-bond donors (Lipinski definition) is 0. The van der Waals surface area contributed by atoms with Crippen molar-refractivity contribution in [1.82, 2.24) is 0 Å². The fourth-order valence-corrected chi connectivity index (χ4v) is 5.94. The number of phosphoric acid groups is 1. The number of rotatable bonds is 22. The molecule has 0 heterocycles. The van der Waals surface area contributed by atoms with Crippen molar-refractivity contribution < 1.29 is 37.3 Å². The number of nitrogens with zero attached hydrogens (tertiary/aromatic N) is 1. The largest absolute Gasteiger partial charge is 0.756 e. The van der Waals surface area contributed by atoms with Crippen molar-refractivity contribution in [3.05, 3.63) is 108 Å². The van der Waals surface area contributed by atoms with Gasteiger partial charge in [-0.3, -0.25) is 9.36 Å². The molecule has 0 saturated heterocycles. The Kier molecular flexibility index (Phi) is 15.6. The zero-order valence-corrected chi connectivity index (χ0v) is 28.9. The lowest BCUT2D eigenvalue weighted by molar-refractivity contribution is -0.870. The highest BCUT2D eigenvalue weighted by atomic mass is 31.2. The van der Waals surface area contributed by atoms with Gasteiger partial charge in [-0.15, -0.1) is 0 Å². The molecule has 3 rings (SSSR count). The Bertz CT molecular complexity index is 1220. The maximum atomic E-state index is 13.0. The van der Waals surface area contributed by atoms with E-state index >= 15 is 0 Å². The topological polar surface area (TPSA) is 94.1 Å². The number of carbonyl (C=O) groups is 1. The van der Waals surface area contributed by atoms with Gasteiger partial charge in [-0.2, -0.15) is 0 Å². The number of quaternary nitrogens is 1. The molecule has 252 valence electrons. The van der Waals surface area contributed by atoms with E-state index in [0.717, 1.165) is 36.0 Å². The number of carbonyl (C=O) groups excluding carboxylic acids is 1. The Morgan fingerprint density at radius 3 is 1.70 bits per heavy atom. The number of unbranched alkanes of at least 4 members (excludes halogenated alkanes) is 6. The Labute approximate surface area is 275 Å². The zero-order chi connectivity index (χ0) is 33.3. The average Bonchev–Trinajstić information content (AvgIpc) is 3.04. The van der Waals surface area contributed by atoms with E-state index < -0.39 is 32.1 Å². The van der Waals surface area contributed by atoms with Crippen molar-refractivity contribution in [1.29, 1.82) is 0 Å². The lowest BCUT2D eigenvalue weighted by atomic mass is 9.80. The fraction of sp³-hybridized carbons (Fsp3) is 0.486. The van der Waals surface area contributed by atoms with Crippen LogP contribution in [0.1, 0.15) is 75.0 Å². The quantitative estimate of drug-likeness (QED) is 0.0371. The molecule has 46 heavy (non-hydrogen) atoms. The normalized spacial score (nSPS) is 14.0. The van der Waals surface area contributed by atoms with Gasteiger partial charge in [0.05, 0.1) is 34.4 Å². The molecule has 0 aliphatic rings. The standard InChI is InChI=1S/C37H52NO7P/c1-5-6-7-8-9-10-20-27-36(39)45-35(31-44-46(40,41)43-29-28-38(2,3)4)30-42-37(32-21-14-11-15-22-32,33-23-16-12-17-24-33)34-25-18-13-19-26-34/h11-19,21-26,35H,5-10,20,27-31H2,1-4H3/t35-/m0/s1. The number of benzene rings is 3. The van der Waals surface area contributed by atoms with Crippen molar-refractivity contribution in [2.24, 2.45) is 0 Å². The lowest BCUT2D eigenvalue weighted by Crippen LogP contribution is -2.39. The van der Waals surface area contributed by atoms with E-state index in [-0.39, 0.29) is 19.6 Å². The molecule has 0 radical (unpaired) electrons. The van der Waals surface area contributed by atoms with Gasteiger partial charge in [-0.25, -0.2) is 0 Å². The predicted octanol–water partition coefficient (Wildman–Crippen LogP) is 7.26. The van der Waals surface area contributed by atoms with Crippen LogP contribution in [0.5, 0.6) is 0 Å². The minimum Gasteiger partial charge on any atom is -0.756 e. The van der Waals surface area contributed by atoms with E-state index in [1.54, 1.807) is 0 Å². The summed E-state index contributed by atoms with van der Waals surface area (Å²) in [5, 5.41) is 0. The molecule has 3 aromatic carbocycles. The van der Waals surface area contributed by atoms with Gasteiger partial charge in [-0.05, 0) is 23.1 Å². The predicted molar refractivity (Wildman–Crippen MR) is 180 cm³/mol. The maximum absolute atomic E-state index is 13.0. The van der Waals surface area contributed by atoms with Crippen LogP contribution < -0.4 is 4.89 Å². The molecular weight excluding hydrogens is 601 g/mol. The first kappa shape index (κ1) is 37.6. The van der Waals surface area contributed by atoms with Gasteiger partial charge >= 0.3 is 5.97 Å². The first-order valence-corrected chi connectivity index (χ1v) is 17.9. The molecule has 0 aliphatic heterocycles. The third-order valence-electron chi connectivity index (χ3n) is 7.74. The van der Waals surface area contributed by atoms with Crippen LogP contribution in [0.25, 0.3) is 0 Å². The summed E-state index contributed by atoms with van der Waals surface area (Å²) in [5.74, 6) is -0.415. The summed E-state index contributed by atoms with van der Waals surface area (Å²) in [6, 6.07) is 29.5. The third-order valence-corrected chi connectivity index (χ3v) is 8.70. The molecule has 0 aromatic heterocycles. The van der Waals surface area contributed by atoms with Crippen molar-refractivity contribution >= 4 is 13.8 Å². The van der Waals surface area contributed by atoms with Gasteiger partial charge in [0.1, 0.15) is 24.9 Å². The highest BCUT2D eigenvalue weighted by Gasteiger charge is 2.38. The van der Waals surface area contributed by atoms with Crippen LogP contribution in [-0.4, -0.2) is 64.1 Å². The highest BCUT2D eigenvalue weighted by Crippen LogP contribution is 2.41. The molecule has 1 unspecified atom stereocenters. The van der Waals surface area contributed by atoms with Crippen LogP contribution in [0.3, 0.4) is 0 Å². The van der Waals surface area contributed by atoms with Gasteiger partial charge < -0.3 is 27.9 Å². The van der Waals surface area contributed by atoms with Gasteiger partial charge in [0, 0.05) is 6.42 Å². The number of esters is 1. The number of phosphoric ester groups is 1. The molecule has 0 aliphatic carbocycles. The van der Waals surface area contributed by atoms with Crippen LogP contribution in [0.15, 0.2) is 91.0 Å². The number of hydrogen-bond acceptors (Lipinski definition) is 7. The summed E-state index contributed by atoms with van der Waals surface area (Å²) in [7, 11) is 1.16. The second-order valence-electron chi connectivity index (χ2n) is 12.7. The van der Waals surface area contributed by atoms with Gasteiger partial charge in [-0.1, -0.05) is 136 Å². The summed E-state index contributed by atoms with van der Waals surface area (Å²) >= 11 is 0. The van der Waals surface area contributed by atoms with E-state index in [1.165, 1.54) is 19.3 Å². The number of likely N-dealkylation sites (N-methyl/N-ethyl adjacent to an activating group) is 1. The third kappa shape index (κ3) is 12.7. The smallest absolute Gasteiger partial charge is 0.306 e. The Balaban J connectivity index is 1.82. The first-order valence-electron chi connectivity index (χ1n) is 16.5. The molecule has 8 nitrogen and oxygen atoms in total. The molecule has 0 saturated carbocycles. The van der Waals surface area contributed by atoms with Crippen molar-refractivity contribution in [3.8, 4) is 0 Å². The van der Waals surface area contributed by atoms with E-state index in [4.69, 9.17) is 18.5 Å². The summed E-state index contributed by atoms with van der Waals surface area (Å²) in [6.07, 6.45) is 6.72. The van der Waals surface area contributed by atoms with Crippen molar-refractivity contribution in [3.63, 3.8) is 0 Å². The van der Waals surface area contributed by atoms with Crippen LogP contribution in [0, 0.1) is 0 Å². The van der Waals surface area contributed by atoms with Gasteiger partial charge in [0.25, 0.3) is 7.82 Å². The second kappa shape index (κ2) is 19.1.